The van der Waals surface area contributed by atoms with E-state index in [4.69, 9.17) is 0 Å². The zero-order valence-corrected chi connectivity index (χ0v) is 31.6. The second-order valence-electron chi connectivity index (χ2n) is 16.7. The molecule has 3 rings (SSSR count). The van der Waals surface area contributed by atoms with Crippen molar-refractivity contribution in [1.82, 2.24) is 19.6 Å². The third-order valence-corrected chi connectivity index (χ3v) is 9.09. The molecule has 0 aromatic carbocycles. The van der Waals surface area contributed by atoms with Crippen molar-refractivity contribution in [3.63, 3.8) is 0 Å². The van der Waals surface area contributed by atoms with Crippen molar-refractivity contribution < 1.29 is 0 Å². The van der Waals surface area contributed by atoms with Gasteiger partial charge in [0.15, 0.2) is 0 Å². The maximum atomic E-state index is 2.60. The van der Waals surface area contributed by atoms with Gasteiger partial charge in [0, 0.05) is 6.54 Å². The van der Waals surface area contributed by atoms with Crippen LogP contribution in [0.4, 0.5) is 0 Å². The summed E-state index contributed by atoms with van der Waals surface area (Å²) in [5.41, 5.74) is 0.470. The fraction of sp³-hybridized carbons (Fsp3) is 1.00. The summed E-state index contributed by atoms with van der Waals surface area (Å²) >= 11 is 0. The van der Waals surface area contributed by atoms with Crippen LogP contribution in [-0.4, -0.2) is 99.6 Å². The highest BCUT2D eigenvalue weighted by atomic mass is 15.1. The Kier molecular flexibility index (Phi) is 24.0. The lowest BCUT2D eigenvalue weighted by Crippen LogP contribution is -2.32. The Hall–Kier alpha value is -0.160. The van der Waals surface area contributed by atoms with Crippen molar-refractivity contribution in [1.29, 1.82) is 0 Å². The van der Waals surface area contributed by atoms with E-state index in [1.165, 1.54) is 123 Å². The molecule has 254 valence electrons. The zero-order valence-electron chi connectivity index (χ0n) is 31.6. The first-order chi connectivity index (χ1) is 19.6. The predicted molar refractivity (Wildman–Crippen MR) is 192 cm³/mol. The Morgan fingerprint density at radius 2 is 1.10 bits per heavy atom. The van der Waals surface area contributed by atoms with Gasteiger partial charge < -0.3 is 19.6 Å². The molecular weight excluding hydrogens is 512 g/mol. The lowest BCUT2D eigenvalue weighted by molar-refractivity contribution is 0.185. The van der Waals surface area contributed by atoms with Gasteiger partial charge in [-0.15, -0.1) is 0 Å². The number of likely N-dealkylation sites (tertiary alicyclic amines) is 3. The van der Waals surface area contributed by atoms with Crippen LogP contribution in [0.5, 0.6) is 0 Å². The van der Waals surface area contributed by atoms with E-state index in [9.17, 15) is 0 Å². The minimum absolute atomic E-state index is 0.470. The van der Waals surface area contributed by atoms with Crippen LogP contribution in [0.15, 0.2) is 0 Å². The molecule has 0 aromatic rings. The Bertz CT molecular complexity index is 566. The highest BCUT2D eigenvalue weighted by Gasteiger charge is 2.20. The average Bonchev–Trinajstić information content (AvgIpc) is 3.57. The number of hydrogen-bond donors (Lipinski definition) is 0. The Labute approximate surface area is 267 Å². The van der Waals surface area contributed by atoms with Crippen molar-refractivity contribution in [2.24, 2.45) is 35.0 Å². The van der Waals surface area contributed by atoms with Gasteiger partial charge in [-0.3, -0.25) is 0 Å². The molecule has 42 heavy (non-hydrogen) atoms. The molecule has 0 bridgehead atoms. The van der Waals surface area contributed by atoms with Crippen LogP contribution < -0.4 is 0 Å². The molecule has 0 aliphatic carbocycles. The molecule has 3 heterocycles. The number of hydrogen-bond acceptors (Lipinski definition) is 4. The van der Waals surface area contributed by atoms with Gasteiger partial charge in [0.05, 0.1) is 0 Å². The quantitative estimate of drug-likeness (QED) is 0.223. The Morgan fingerprint density at radius 3 is 1.48 bits per heavy atom. The van der Waals surface area contributed by atoms with E-state index in [1.54, 1.807) is 0 Å². The van der Waals surface area contributed by atoms with Gasteiger partial charge in [-0.05, 0) is 173 Å². The second kappa shape index (κ2) is 24.1. The maximum Gasteiger partial charge on any atom is 0.00267 e. The standard InChI is InChI=1S/C10H21N.C10H23N.2C9H19N/c1-10(2)6-5-9-11-7-3-4-8-11;1-9(2)7-10(3,4)8-11(5)6;1-8(2)9-4-6-10(3)7-5-9;1-9(2)5-8-10-6-3-4-7-10/h10H,3-9H2,1-2H3;9H,7-8H2,1-6H3;8-9H,4-7H2,1-3H3;9H,3-8H2,1-2H3. The number of rotatable bonds is 12. The van der Waals surface area contributed by atoms with E-state index in [1.807, 2.05) is 0 Å². The molecule has 0 radical (unpaired) electrons. The van der Waals surface area contributed by atoms with Crippen LogP contribution in [0, 0.1) is 35.0 Å². The Morgan fingerprint density at radius 1 is 0.643 bits per heavy atom. The van der Waals surface area contributed by atoms with Crippen molar-refractivity contribution in [2.45, 2.75) is 133 Å². The van der Waals surface area contributed by atoms with Gasteiger partial charge in [-0.1, -0.05) is 69.2 Å². The van der Waals surface area contributed by atoms with Gasteiger partial charge in [0.2, 0.25) is 0 Å². The highest BCUT2D eigenvalue weighted by Crippen LogP contribution is 2.25. The third-order valence-electron chi connectivity index (χ3n) is 9.09. The largest absolute Gasteiger partial charge is 0.309 e. The molecule has 0 atom stereocenters. The van der Waals surface area contributed by atoms with E-state index in [2.05, 4.69) is 110 Å². The zero-order chi connectivity index (χ0) is 32.1. The molecule has 0 aromatic heterocycles. The summed E-state index contributed by atoms with van der Waals surface area (Å²) in [4.78, 5) is 9.88. The average molecular weight is 595 g/mol. The SMILES string of the molecule is CC(C)C1CCN(C)CC1.CC(C)CC(C)(C)CN(C)C.CC(C)CCCN1CCCC1.CC(C)CCN1CCCC1. The smallest absolute Gasteiger partial charge is 0.00267 e. The number of piperidine rings is 1. The molecule has 3 aliphatic heterocycles. The molecule has 4 heteroatoms. The normalized spacial score (nSPS) is 19.3. The van der Waals surface area contributed by atoms with E-state index < -0.39 is 0 Å². The molecule has 3 fully saturated rings. The van der Waals surface area contributed by atoms with E-state index in [0.717, 1.165) is 29.6 Å². The molecule has 0 spiro atoms. The summed E-state index contributed by atoms with van der Waals surface area (Å²) in [5, 5.41) is 0. The summed E-state index contributed by atoms with van der Waals surface area (Å²) < 4.78 is 0. The third kappa shape index (κ3) is 25.2. The monoisotopic (exact) mass is 595 g/mol. The fourth-order valence-electron chi connectivity index (χ4n) is 6.90. The molecule has 0 N–H and O–H groups in total. The second-order valence-corrected chi connectivity index (χ2v) is 16.7. The van der Waals surface area contributed by atoms with Gasteiger partial charge in [0.25, 0.3) is 0 Å². The van der Waals surface area contributed by atoms with Crippen molar-refractivity contribution in [3.05, 3.63) is 0 Å². The summed E-state index contributed by atoms with van der Waals surface area (Å²) in [5.74, 6) is 4.47. The van der Waals surface area contributed by atoms with Gasteiger partial charge in [-0.2, -0.15) is 0 Å². The minimum atomic E-state index is 0.470. The minimum Gasteiger partial charge on any atom is -0.309 e. The van der Waals surface area contributed by atoms with Gasteiger partial charge >= 0.3 is 0 Å². The summed E-state index contributed by atoms with van der Waals surface area (Å²) in [6, 6.07) is 0. The summed E-state index contributed by atoms with van der Waals surface area (Å²) in [6.45, 7) is 35.1. The molecule has 3 aliphatic rings. The van der Waals surface area contributed by atoms with Crippen molar-refractivity contribution in [2.75, 3.05) is 80.0 Å². The van der Waals surface area contributed by atoms with Crippen LogP contribution in [0.25, 0.3) is 0 Å². The fourth-order valence-corrected chi connectivity index (χ4v) is 6.90. The van der Waals surface area contributed by atoms with Crippen LogP contribution in [-0.2, 0) is 0 Å². The summed E-state index contributed by atoms with van der Waals surface area (Å²) in [6.07, 6.45) is 14.0. The molecule has 0 saturated carbocycles. The molecule has 0 unspecified atom stereocenters. The molecule has 3 saturated heterocycles. The van der Waals surface area contributed by atoms with E-state index in [0.29, 0.717) is 5.41 Å². The van der Waals surface area contributed by atoms with Crippen LogP contribution >= 0.6 is 0 Å². The van der Waals surface area contributed by atoms with Crippen LogP contribution in [0.3, 0.4) is 0 Å². The highest BCUT2D eigenvalue weighted by molar-refractivity contribution is 4.73. The van der Waals surface area contributed by atoms with Gasteiger partial charge in [-0.25, -0.2) is 0 Å². The first-order valence-electron chi connectivity index (χ1n) is 18.4. The lowest BCUT2D eigenvalue weighted by Gasteiger charge is -2.31. The van der Waals surface area contributed by atoms with Gasteiger partial charge in [0.1, 0.15) is 0 Å². The first kappa shape index (κ1) is 41.8. The van der Waals surface area contributed by atoms with Crippen molar-refractivity contribution in [3.8, 4) is 0 Å². The lowest BCUT2D eigenvalue weighted by atomic mass is 9.84. The Balaban J connectivity index is 0.000000534. The topological polar surface area (TPSA) is 13.0 Å². The summed E-state index contributed by atoms with van der Waals surface area (Å²) in [7, 11) is 6.50. The van der Waals surface area contributed by atoms with Crippen molar-refractivity contribution >= 4 is 0 Å². The molecule has 4 nitrogen and oxygen atoms in total. The van der Waals surface area contributed by atoms with E-state index in [-0.39, 0.29) is 0 Å². The molecule has 0 amide bonds. The maximum absolute atomic E-state index is 2.60. The number of nitrogens with zero attached hydrogens (tertiary/aromatic N) is 4. The van der Waals surface area contributed by atoms with Crippen LogP contribution in [0.1, 0.15) is 133 Å². The van der Waals surface area contributed by atoms with Crippen LogP contribution in [0.2, 0.25) is 0 Å². The predicted octanol–water partition coefficient (Wildman–Crippen LogP) is 9.25. The molecular formula is C38H82N4. The first-order valence-corrected chi connectivity index (χ1v) is 18.4. The van der Waals surface area contributed by atoms with E-state index >= 15 is 0 Å².